The maximum absolute atomic E-state index is 12.1. The van der Waals surface area contributed by atoms with Gasteiger partial charge in [-0.05, 0) is 36.1 Å². The van der Waals surface area contributed by atoms with E-state index < -0.39 is 0 Å². The summed E-state index contributed by atoms with van der Waals surface area (Å²) in [7, 11) is 1.65. The van der Waals surface area contributed by atoms with Gasteiger partial charge in [-0.25, -0.2) is 4.98 Å². The van der Waals surface area contributed by atoms with Crippen molar-refractivity contribution in [2.45, 2.75) is 19.8 Å². The van der Waals surface area contributed by atoms with Gasteiger partial charge in [0.25, 0.3) is 0 Å². The number of aromatic nitrogens is 1. The molecule has 1 amide bonds. The summed E-state index contributed by atoms with van der Waals surface area (Å²) in [5.74, 6) is 1.38. The summed E-state index contributed by atoms with van der Waals surface area (Å²) >= 11 is 0. The molecule has 1 unspecified atom stereocenters. The Hall–Kier alpha value is -2.87. The van der Waals surface area contributed by atoms with Crippen molar-refractivity contribution < 1.29 is 9.53 Å². The number of benzene rings is 1. The van der Waals surface area contributed by atoms with E-state index in [1.165, 1.54) is 6.20 Å². The number of carbonyl (C=O) groups excluding carboxylic acids is 1. The standard InChI is InChI=1S/C18H19N3O2/c1-13(9-15-5-3-4-6-16(15)23-2)10-18(22)21-17-8-7-14(11-19)12-20-17/h3-8,12-13H,9-10H2,1-2H3,(H,20,21,22). The van der Waals surface area contributed by atoms with Gasteiger partial charge in [0.05, 0.1) is 12.7 Å². The van der Waals surface area contributed by atoms with E-state index in [4.69, 9.17) is 10.00 Å². The number of ether oxygens (including phenoxy) is 1. The van der Waals surface area contributed by atoms with E-state index in [0.29, 0.717) is 17.8 Å². The van der Waals surface area contributed by atoms with Crippen LogP contribution in [0.1, 0.15) is 24.5 Å². The molecule has 0 saturated carbocycles. The fourth-order valence-corrected chi connectivity index (χ4v) is 2.36. The fraction of sp³-hybridized carbons (Fsp3) is 0.278. The van der Waals surface area contributed by atoms with Gasteiger partial charge in [0.15, 0.2) is 0 Å². The van der Waals surface area contributed by atoms with Crippen LogP contribution < -0.4 is 10.1 Å². The maximum Gasteiger partial charge on any atom is 0.225 e. The molecule has 23 heavy (non-hydrogen) atoms. The highest BCUT2D eigenvalue weighted by atomic mass is 16.5. The molecule has 0 spiro atoms. The number of amides is 1. The quantitative estimate of drug-likeness (QED) is 0.889. The molecule has 0 aliphatic rings. The molecule has 1 aromatic carbocycles. The van der Waals surface area contributed by atoms with Crippen LogP contribution in [0, 0.1) is 17.2 Å². The van der Waals surface area contributed by atoms with Crippen LogP contribution in [0.3, 0.4) is 0 Å². The van der Waals surface area contributed by atoms with Gasteiger partial charge < -0.3 is 10.1 Å². The van der Waals surface area contributed by atoms with Gasteiger partial charge in [-0.2, -0.15) is 5.26 Å². The van der Waals surface area contributed by atoms with Crippen molar-refractivity contribution in [3.8, 4) is 11.8 Å². The lowest BCUT2D eigenvalue weighted by atomic mass is 9.97. The number of nitrogens with zero attached hydrogens (tertiary/aromatic N) is 2. The van der Waals surface area contributed by atoms with E-state index in [9.17, 15) is 4.79 Å². The van der Waals surface area contributed by atoms with Crippen molar-refractivity contribution in [3.63, 3.8) is 0 Å². The fourth-order valence-electron chi connectivity index (χ4n) is 2.36. The maximum atomic E-state index is 12.1. The summed E-state index contributed by atoms with van der Waals surface area (Å²) in [6, 6.07) is 13.1. The van der Waals surface area contributed by atoms with Crippen LogP contribution in [0.5, 0.6) is 5.75 Å². The zero-order chi connectivity index (χ0) is 16.7. The highest BCUT2D eigenvalue weighted by Gasteiger charge is 2.13. The van der Waals surface area contributed by atoms with E-state index in [1.807, 2.05) is 37.3 Å². The Morgan fingerprint density at radius 3 is 2.78 bits per heavy atom. The second-order valence-electron chi connectivity index (χ2n) is 5.42. The average molecular weight is 309 g/mol. The first-order chi connectivity index (χ1) is 11.1. The number of para-hydroxylation sites is 1. The van der Waals surface area contributed by atoms with Crippen LogP contribution in [0.2, 0.25) is 0 Å². The number of nitrogens with one attached hydrogen (secondary N) is 1. The minimum Gasteiger partial charge on any atom is -0.496 e. The summed E-state index contributed by atoms with van der Waals surface area (Å²) in [6.07, 6.45) is 2.59. The van der Waals surface area contributed by atoms with Crippen molar-refractivity contribution in [2.24, 2.45) is 5.92 Å². The lowest BCUT2D eigenvalue weighted by Crippen LogP contribution is -2.17. The van der Waals surface area contributed by atoms with Gasteiger partial charge in [0.1, 0.15) is 17.6 Å². The first-order valence-corrected chi connectivity index (χ1v) is 7.40. The highest BCUT2D eigenvalue weighted by Crippen LogP contribution is 2.22. The predicted octanol–water partition coefficient (Wildman–Crippen LogP) is 3.17. The monoisotopic (exact) mass is 309 g/mol. The molecule has 0 aliphatic carbocycles. The molecule has 1 aromatic heterocycles. The second kappa shape index (κ2) is 7.95. The Kier molecular flexibility index (Phi) is 5.70. The van der Waals surface area contributed by atoms with Crippen LogP contribution in [0.25, 0.3) is 0 Å². The van der Waals surface area contributed by atoms with Crippen molar-refractivity contribution in [1.82, 2.24) is 4.98 Å². The molecular weight excluding hydrogens is 290 g/mol. The summed E-state index contributed by atoms with van der Waals surface area (Å²) in [5.41, 5.74) is 1.55. The summed E-state index contributed by atoms with van der Waals surface area (Å²) in [4.78, 5) is 16.1. The topological polar surface area (TPSA) is 75.0 Å². The third-order valence-electron chi connectivity index (χ3n) is 3.45. The van der Waals surface area contributed by atoms with Crippen molar-refractivity contribution in [2.75, 3.05) is 12.4 Å². The van der Waals surface area contributed by atoms with Crippen LogP contribution in [-0.2, 0) is 11.2 Å². The van der Waals surface area contributed by atoms with Gasteiger partial charge in [-0.15, -0.1) is 0 Å². The molecule has 1 N–H and O–H groups in total. The zero-order valence-corrected chi connectivity index (χ0v) is 13.2. The Bertz CT molecular complexity index is 705. The first kappa shape index (κ1) is 16.5. The Morgan fingerprint density at radius 1 is 1.35 bits per heavy atom. The highest BCUT2D eigenvalue weighted by molar-refractivity contribution is 5.89. The lowest BCUT2D eigenvalue weighted by molar-refractivity contribution is -0.117. The molecule has 1 heterocycles. The van der Waals surface area contributed by atoms with E-state index in [0.717, 1.165) is 17.7 Å². The summed E-state index contributed by atoms with van der Waals surface area (Å²) in [5, 5.41) is 11.5. The summed E-state index contributed by atoms with van der Waals surface area (Å²) in [6.45, 7) is 2.03. The van der Waals surface area contributed by atoms with E-state index in [2.05, 4.69) is 10.3 Å². The Morgan fingerprint density at radius 2 is 2.13 bits per heavy atom. The minimum absolute atomic E-state index is 0.0930. The number of rotatable bonds is 6. The second-order valence-corrected chi connectivity index (χ2v) is 5.42. The molecule has 118 valence electrons. The molecule has 5 heteroatoms. The Labute approximate surface area is 135 Å². The number of nitriles is 1. The van der Waals surface area contributed by atoms with Crippen molar-refractivity contribution in [3.05, 3.63) is 53.7 Å². The number of methoxy groups -OCH3 is 1. The van der Waals surface area contributed by atoms with E-state index in [1.54, 1.807) is 19.2 Å². The average Bonchev–Trinajstić information content (AvgIpc) is 2.55. The smallest absolute Gasteiger partial charge is 0.225 e. The molecule has 5 nitrogen and oxygen atoms in total. The van der Waals surface area contributed by atoms with Crippen molar-refractivity contribution >= 4 is 11.7 Å². The third-order valence-corrected chi connectivity index (χ3v) is 3.45. The van der Waals surface area contributed by atoms with Crippen molar-refractivity contribution in [1.29, 1.82) is 5.26 Å². The number of pyridine rings is 1. The molecule has 2 aromatic rings. The molecule has 0 aliphatic heterocycles. The van der Waals surface area contributed by atoms with Gasteiger partial charge >= 0.3 is 0 Å². The summed E-state index contributed by atoms with van der Waals surface area (Å²) < 4.78 is 5.33. The molecular formula is C18H19N3O2. The molecule has 0 bridgehead atoms. The third kappa shape index (κ3) is 4.82. The minimum atomic E-state index is -0.0930. The molecule has 0 fully saturated rings. The molecule has 1 atom stereocenters. The lowest BCUT2D eigenvalue weighted by Gasteiger charge is -2.14. The zero-order valence-electron chi connectivity index (χ0n) is 13.2. The number of hydrogen-bond donors (Lipinski definition) is 1. The normalized spacial score (nSPS) is 11.3. The van der Waals surface area contributed by atoms with Crippen LogP contribution in [0.4, 0.5) is 5.82 Å². The van der Waals surface area contributed by atoms with Crippen LogP contribution >= 0.6 is 0 Å². The van der Waals surface area contributed by atoms with Gasteiger partial charge in [-0.3, -0.25) is 4.79 Å². The number of carbonyl (C=O) groups is 1. The number of anilines is 1. The van der Waals surface area contributed by atoms with E-state index in [-0.39, 0.29) is 11.8 Å². The SMILES string of the molecule is COc1ccccc1CC(C)CC(=O)Nc1ccc(C#N)cn1. The van der Waals surface area contributed by atoms with Gasteiger partial charge in [-0.1, -0.05) is 25.1 Å². The molecule has 0 saturated heterocycles. The van der Waals surface area contributed by atoms with E-state index >= 15 is 0 Å². The first-order valence-electron chi connectivity index (χ1n) is 7.40. The largest absolute Gasteiger partial charge is 0.496 e. The van der Waals surface area contributed by atoms with Gasteiger partial charge in [0, 0.05) is 12.6 Å². The van der Waals surface area contributed by atoms with Gasteiger partial charge in [0.2, 0.25) is 5.91 Å². The molecule has 0 radical (unpaired) electrons. The van der Waals surface area contributed by atoms with Crippen LogP contribution in [-0.4, -0.2) is 18.0 Å². The molecule has 2 rings (SSSR count). The predicted molar refractivity (Wildman–Crippen MR) is 88.1 cm³/mol. The Balaban J connectivity index is 1.90. The number of hydrogen-bond acceptors (Lipinski definition) is 4. The van der Waals surface area contributed by atoms with Crippen LogP contribution in [0.15, 0.2) is 42.6 Å².